The lowest BCUT2D eigenvalue weighted by molar-refractivity contribution is 0.223. The summed E-state index contributed by atoms with van der Waals surface area (Å²) in [6.07, 6.45) is 7.73. The molecule has 0 aliphatic carbocycles. The monoisotopic (exact) mass is 266 g/mol. The molecular formula is C15H30N4. The number of unbranched alkanes of at least 4 members (excludes halogenated alkanes) is 1. The Morgan fingerprint density at radius 1 is 1.26 bits per heavy atom. The Morgan fingerprint density at radius 3 is 2.63 bits per heavy atom. The van der Waals surface area contributed by atoms with Gasteiger partial charge in [0, 0.05) is 19.5 Å². The van der Waals surface area contributed by atoms with Crippen molar-refractivity contribution in [3.05, 3.63) is 12.2 Å². The van der Waals surface area contributed by atoms with Gasteiger partial charge in [0.1, 0.15) is 12.2 Å². The number of rotatable bonds is 10. The van der Waals surface area contributed by atoms with Crippen LogP contribution in [0.1, 0.15) is 59.2 Å². The van der Waals surface area contributed by atoms with Crippen LogP contribution in [0.4, 0.5) is 0 Å². The van der Waals surface area contributed by atoms with Crippen LogP contribution in [-0.4, -0.2) is 27.9 Å². The minimum absolute atomic E-state index is 0.325. The number of aryl methyl sites for hydroxylation is 1. The van der Waals surface area contributed by atoms with Crippen LogP contribution in [0.25, 0.3) is 0 Å². The molecule has 0 bridgehead atoms. The van der Waals surface area contributed by atoms with Gasteiger partial charge >= 0.3 is 0 Å². The van der Waals surface area contributed by atoms with Gasteiger partial charge < -0.3 is 5.32 Å². The zero-order valence-electron chi connectivity index (χ0n) is 13.1. The second-order valence-corrected chi connectivity index (χ2v) is 5.41. The van der Waals surface area contributed by atoms with Crippen molar-refractivity contribution in [2.24, 2.45) is 5.41 Å². The summed E-state index contributed by atoms with van der Waals surface area (Å²) in [6, 6.07) is 0. The SMILES string of the molecule is CCCCC(CC)(CNCC)Cc1ncnn1CC. The third kappa shape index (κ3) is 4.60. The molecule has 1 aromatic rings. The Labute approximate surface area is 118 Å². The van der Waals surface area contributed by atoms with Gasteiger partial charge in [0.25, 0.3) is 0 Å². The van der Waals surface area contributed by atoms with Crippen LogP contribution in [-0.2, 0) is 13.0 Å². The number of hydrogen-bond donors (Lipinski definition) is 1. The Morgan fingerprint density at radius 2 is 2.05 bits per heavy atom. The molecule has 0 radical (unpaired) electrons. The van der Waals surface area contributed by atoms with Crippen molar-refractivity contribution in [2.45, 2.75) is 66.3 Å². The maximum Gasteiger partial charge on any atom is 0.138 e. The molecule has 19 heavy (non-hydrogen) atoms. The summed E-state index contributed by atoms with van der Waals surface area (Å²) in [5.41, 5.74) is 0.325. The first kappa shape index (κ1) is 16.2. The minimum atomic E-state index is 0.325. The van der Waals surface area contributed by atoms with Gasteiger partial charge in [0.15, 0.2) is 0 Å². The third-order valence-corrected chi connectivity index (χ3v) is 4.09. The van der Waals surface area contributed by atoms with E-state index in [-0.39, 0.29) is 0 Å². The average Bonchev–Trinajstić information content (AvgIpc) is 2.89. The summed E-state index contributed by atoms with van der Waals surface area (Å²) in [5, 5.41) is 7.84. The van der Waals surface area contributed by atoms with Crippen LogP contribution in [0.15, 0.2) is 6.33 Å². The molecule has 0 saturated heterocycles. The van der Waals surface area contributed by atoms with Crippen molar-refractivity contribution in [3.8, 4) is 0 Å². The molecule has 1 heterocycles. The van der Waals surface area contributed by atoms with Gasteiger partial charge in [-0.15, -0.1) is 0 Å². The van der Waals surface area contributed by atoms with Gasteiger partial charge in [-0.3, -0.25) is 4.68 Å². The zero-order valence-corrected chi connectivity index (χ0v) is 13.1. The van der Waals surface area contributed by atoms with E-state index in [2.05, 4.69) is 43.1 Å². The maximum absolute atomic E-state index is 4.46. The number of nitrogens with zero attached hydrogens (tertiary/aromatic N) is 3. The van der Waals surface area contributed by atoms with E-state index in [4.69, 9.17) is 0 Å². The first-order chi connectivity index (χ1) is 9.21. The van der Waals surface area contributed by atoms with E-state index in [1.165, 1.54) is 25.7 Å². The lowest BCUT2D eigenvalue weighted by atomic mass is 9.77. The second-order valence-electron chi connectivity index (χ2n) is 5.41. The van der Waals surface area contributed by atoms with E-state index in [1.807, 2.05) is 4.68 Å². The van der Waals surface area contributed by atoms with Crippen LogP contribution in [0.5, 0.6) is 0 Å². The highest BCUT2D eigenvalue weighted by Crippen LogP contribution is 2.32. The number of aromatic nitrogens is 3. The van der Waals surface area contributed by atoms with Crippen molar-refractivity contribution >= 4 is 0 Å². The fourth-order valence-corrected chi connectivity index (χ4v) is 2.63. The molecule has 1 N–H and O–H groups in total. The van der Waals surface area contributed by atoms with Crippen molar-refractivity contribution in [2.75, 3.05) is 13.1 Å². The fourth-order valence-electron chi connectivity index (χ4n) is 2.63. The third-order valence-electron chi connectivity index (χ3n) is 4.09. The van der Waals surface area contributed by atoms with E-state index < -0.39 is 0 Å². The highest BCUT2D eigenvalue weighted by Gasteiger charge is 2.29. The first-order valence-corrected chi connectivity index (χ1v) is 7.78. The maximum atomic E-state index is 4.46. The molecule has 4 heteroatoms. The summed E-state index contributed by atoms with van der Waals surface area (Å²) >= 11 is 0. The normalized spacial score (nSPS) is 14.5. The second kappa shape index (κ2) is 8.31. The molecule has 0 amide bonds. The molecule has 1 unspecified atom stereocenters. The van der Waals surface area contributed by atoms with Crippen molar-refractivity contribution in [1.82, 2.24) is 20.1 Å². The van der Waals surface area contributed by atoms with Crippen LogP contribution >= 0.6 is 0 Å². The molecular weight excluding hydrogens is 236 g/mol. The van der Waals surface area contributed by atoms with Crippen molar-refractivity contribution < 1.29 is 0 Å². The summed E-state index contributed by atoms with van der Waals surface area (Å²) in [5.74, 6) is 1.14. The van der Waals surface area contributed by atoms with Crippen molar-refractivity contribution in [3.63, 3.8) is 0 Å². The standard InChI is InChI=1S/C15H30N4/c1-5-9-10-15(6-2,12-16-7-3)11-14-17-13-18-19(14)8-4/h13,16H,5-12H2,1-4H3. The Bertz CT molecular complexity index is 338. The lowest BCUT2D eigenvalue weighted by Gasteiger charge is -2.33. The van der Waals surface area contributed by atoms with E-state index >= 15 is 0 Å². The number of hydrogen-bond acceptors (Lipinski definition) is 3. The summed E-state index contributed by atoms with van der Waals surface area (Å²) in [7, 11) is 0. The van der Waals surface area contributed by atoms with E-state index in [1.54, 1.807) is 6.33 Å². The molecule has 1 aromatic heterocycles. The molecule has 0 saturated carbocycles. The van der Waals surface area contributed by atoms with Crippen LogP contribution in [0, 0.1) is 5.41 Å². The Hall–Kier alpha value is -0.900. The molecule has 0 aliphatic heterocycles. The predicted molar refractivity (Wildman–Crippen MR) is 80.2 cm³/mol. The molecule has 4 nitrogen and oxygen atoms in total. The van der Waals surface area contributed by atoms with Crippen LogP contribution in [0.2, 0.25) is 0 Å². The lowest BCUT2D eigenvalue weighted by Crippen LogP contribution is -2.36. The highest BCUT2D eigenvalue weighted by atomic mass is 15.3. The smallest absolute Gasteiger partial charge is 0.138 e. The van der Waals surface area contributed by atoms with Gasteiger partial charge in [-0.25, -0.2) is 4.98 Å². The van der Waals surface area contributed by atoms with Gasteiger partial charge in [-0.1, -0.05) is 33.6 Å². The quantitative estimate of drug-likeness (QED) is 0.708. The first-order valence-electron chi connectivity index (χ1n) is 7.78. The highest BCUT2D eigenvalue weighted by molar-refractivity contribution is 4.95. The van der Waals surface area contributed by atoms with Gasteiger partial charge in [0.2, 0.25) is 0 Å². The molecule has 1 atom stereocenters. The van der Waals surface area contributed by atoms with Gasteiger partial charge in [0.05, 0.1) is 0 Å². The minimum Gasteiger partial charge on any atom is -0.316 e. The Kier molecular flexibility index (Phi) is 7.06. The van der Waals surface area contributed by atoms with Crippen molar-refractivity contribution in [1.29, 1.82) is 0 Å². The zero-order chi connectivity index (χ0) is 14.1. The molecule has 0 fully saturated rings. The van der Waals surface area contributed by atoms with Gasteiger partial charge in [-0.2, -0.15) is 5.10 Å². The topological polar surface area (TPSA) is 42.7 Å². The van der Waals surface area contributed by atoms with Crippen LogP contribution in [0.3, 0.4) is 0 Å². The molecule has 0 aliphatic rings. The molecule has 0 aromatic carbocycles. The summed E-state index contributed by atoms with van der Waals surface area (Å²) in [4.78, 5) is 4.46. The van der Waals surface area contributed by atoms with Crippen LogP contribution < -0.4 is 5.32 Å². The molecule has 1 rings (SSSR count). The fraction of sp³-hybridized carbons (Fsp3) is 0.867. The summed E-state index contributed by atoms with van der Waals surface area (Å²) in [6.45, 7) is 11.9. The van der Waals surface area contributed by atoms with E-state index in [0.29, 0.717) is 5.41 Å². The van der Waals surface area contributed by atoms with E-state index in [0.717, 1.165) is 31.9 Å². The molecule has 0 spiro atoms. The average molecular weight is 266 g/mol. The Balaban J connectivity index is 2.81. The van der Waals surface area contributed by atoms with Gasteiger partial charge in [-0.05, 0) is 31.7 Å². The summed E-state index contributed by atoms with van der Waals surface area (Å²) < 4.78 is 2.03. The number of nitrogens with one attached hydrogen (secondary N) is 1. The predicted octanol–water partition coefficient (Wildman–Crippen LogP) is 3.04. The van der Waals surface area contributed by atoms with E-state index in [9.17, 15) is 0 Å². The molecule has 110 valence electrons. The largest absolute Gasteiger partial charge is 0.316 e.